The molecule has 0 aromatic carbocycles. The lowest BCUT2D eigenvalue weighted by Gasteiger charge is -2.28. The van der Waals surface area contributed by atoms with Crippen LogP contribution in [-0.2, 0) is 13.1 Å². The third kappa shape index (κ3) is 2.71. The molecule has 0 saturated carbocycles. The second-order valence-electron chi connectivity index (χ2n) is 6.47. The van der Waals surface area contributed by atoms with Gasteiger partial charge < -0.3 is 4.90 Å². The molecule has 0 aliphatic carbocycles. The van der Waals surface area contributed by atoms with Crippen LogP contribution in [0.15, 0.2) is 42.9 Å². The fourth-order valence-electron chi connectivity index (χ4n) is 3.27. The van der Waals surface area contributed by atoms with Crippen molar-refractivity contribution >= 4 is 5.91 Å². The summed E-state index contributed by atoms with van der Waals surface area (Å²) in [7, 11) is 0. The summed E-state index contributed by atoms with van der Waals surface area (Å²) in [5.74, 6) is 0.888. The molecule has 0 atom stereocenters. The van der Waals surface area contributed by atoms with Crippen LogP contribution in [0, 0.1) is 0 Å². The van der Waals surface area contributed by atoms with E-state index in [9.17, 15) is 4.79 Å². The summed E-state index contributed by atoms with van der Waals surface area (Å²) in [5, 5.41) is 8.71. The van der Waals surface area contributed by atoms with Crippen LogP contribution in [0.3, 0.4) is 0 Å². The van der Waals surface area contributed by atoms with Crippen LogP contribution in [0.2, 0.25) is 0 Å². The summed E-state index contributed by atoms with van der Waals surface area (Å²) < 4.78 is 3.72. The molecule has 4 rings (SSSR count). The molecule has 25 heavy (non-hydrogen) atoms. The zero-order valence-electron chi connectivity index (χ0n) is 14.3. The van der Waals surface area contributed by atoms with Gasteiger partial charge in [0.1, 0.15) is 0 Å². The summed E-state index contributed by atoms with van der Waals surface area (Å²) in [5.41, 5.74) is 2.60. The van der Waals surface area contributed by atoms with Crippen LogP contribution in [0.25, 0.3) is 5.82 Å². The van der Waals surface area contributed by atoms with E-state index >= 15 is 0 Å². The zero-order chi connectivity index (χ0) is 17.4. The number of aromatic nitrogens is 5. The van der Waals surface area contributed by atoms with Crippen molar-refractivity contribution in [3.8, 4) is 5.82 Å². The van der Waals surface area contributed by atoms with Crippen LogP contribution >= 0.6 is 0 Å². The predicted octanol–water partition coefficient (Wildman–Crippen LogP) is 2.24. The Morgan fingerprint density at radius 2 is 2.00 bits per heavy atom. The molecule has 3 aromatic rings. The first-order valence-corrected chi connectivity index (χ1v) is 8.44. The van der Waals surface area contributed by atoms with Gasteiger partial charge in [0.2, 0.25) is 0 Å². The molecule has 0 N–H and O–H groups in total. The summed E-state index contributed by atoms with van der Waals surface area (Å²) in [6.45, 7) is 6.08. The highest BCUT2D eigenvalue weighted by atomic mass is 16.2. The highest BCUT2D eigenvalue weighted by Crippen LogP contribution is 2.24. The van der Waals surface area contributed by atoms with Crippen LogP contribution in [0.5, 0.6) is 0 Å². The summed E-state index contributed by atoms with van der Waals surface area (Å²) in [6, 6.07) is 7.64. The average molecular weight is 336 g/mol. The number of carbonyl (C=O) groups is 1. The molecule has 1 aliphatic rings. The Balaban J connectivity index is 1.69. The Morgan fingerprint density at radius 3 is 2.76 bits per heavy atom. The van der Waals surface area contributed by atoms with Gasteiger partial charge in [0.05, 0.1) is 36.2 Å². The van der Waals surface area contributed by atoms with E-state index in [1.165, 1.54) is 0 Å². The topological polar surface area (TPSA) is 68.8 Å². The molecule has 0 saturated heterocycles. The standard InChI is InChI=1S/C18H20N6O/c1-13(2)17-15(11-21-24(17)16-5-3-4-7-19-16)18(25)22-9-10-23-14(12-22)6-8-20-23/h3-8,11,13H,9-10,12H2,1-2H3. The molecular formula is C18H20N6O. The molecule has 0 fully saturated rings. The normalized spacial score (nSPS) is 14.0. The molecule has 7 nitrogen and oxygen atoms in total. The fraction of sp³-hybridized carbons (Fsp3) is 0.333. The number of nitrogens with zero attached hydrogens (tertiary/aromatic N) is 6. The van der Waals surface area contributed by atoms with Crippen molar-refractivity contribution in [2.75, 3.05) is 6.54 Å². The first-order chi connectivity index (χ1) is 12.1. The molecular weight excluding hydrogens is 316 g/mol. The van der Waals surface area contributed by atoms with Crippen LogP contribution in [0.4, 0.5) is 0 Å². The molecule has 0 unspecified atom stereocenters. The second kappa shape index (κ2) is 6.16. The monoisotopic (exact) mass is 336 g/mol. The molecule has 128 valence electrons. The van der Waals surface area contributed by atoms with E-state index in [0.717, 1.165) is 23.8 Å². The van der Waals surface area contributed by atoms with E-state index in [1.807, 2.05) is 33.8 Å². The highest BCUT2D eigenvalue weighted by Gasteiger charge is 2.27. The lowest BCUT2D eigenvalue weighted by Crippen LogP contribution is -2.38. The lowest BCUT2D eigenvalue weighted by molar-refractivity contribution is 0.0704. The smallest absolute Gasteiger partial charge is 0.257 e. The van der Waals surface area contributed by atoms with Crippen molar-refractivity contribution in [1.29, 1.82) is 0 Å². The van der Waals surface area contributed by atoms with Gasteiger partial charge >= 0.3 is 0 Å². The first-order valence-electron chi connectivity index (χ1n) is 8.44. The van der Waals surface area contributed by atoms with Crippen LogP contribution in [0.1, 0.15) is 41.5 Å². The van der Waals surface area contributed by atoms with E-state index < -0.39 is 0 Å². The van der Waals surface area contributed by atoms with Gasteiger partial charge in [0, 0.05) is 18.9 Å². The zero-order valence-corrected chi connectivity index (χ0v) is 14.3. The minimum Gasteiger partial charge on any atom is -0.331 e. The minimum absolute atomic E-state index is 0.0123. The van der Waals surface area contributed by atoms with Gasteiger partial charge in [0.25, 0.3) is 5.91 Å². The SMILES string of the molecule is CC(C)c1c(C(=O)N2CCn3nccc3C2)cnn1-c1ccccn1. The average Bonchev–Trinajstić information content (AvgIpc) is 3.28. The third-order valence-corrected chi connectivity index (χ3v) is 4.48. The first kappa shape index (κ1) is 15.6. The van der Waals surface area contributed by atoms with Gasteiger partial charge in [-0.2, -0.15) is 10.2 Å². The third-order valence-electron chi connectivity index (χ3n) is 4.48. The van der Waals surface area contributed by atoms with Gasteiger partial charge in [-0.05, 0) is 24.1 Å². The van der Waals surface area contributed by atoms with Crippen LogP contribution in [-0.4, -0.2) is 41.9 Å². The number of rotatable bonds is 3. The van der Waals surface area contributed by atoms with E-state index in [0.29, 0.717) is 18.7 Å². The van der Waals surface area contributed by atoms with Crippen molar-refractivity contribution in [3.63, 3.8) is 0 Å². The minimum atomic E-state index is 0.0123. The maximum atomic E-state index is 13.1. The molecule has 1 aliphatic heterocycles. The Bertz CT molecular complexity index is 895. The van der Waals surface area contributed by atoms with Crippen molar-refractivity contribution in [3.05, 3.63) is 59.8 Å². The molecule has 0 radical (unpaired) electrons. The Hall–Kier alpha value is -2.96. The largest absolute Gasteiger partial charge is 0.331 e. The van der Waals surface area contributed by atoms with Gasteiger partial charge in [-0.15, -0.1) is 0 Å². The maximum absolute atomic E-state index is 13.1. The van der Waals surface area contributed by atoms with Gasteiger partial charge in [-0.3, -0.25) is 9.48 Å². The quantitative estimate of drug-likeness (QED) is 0.735. The van der Waals surface area contributed by atoms with E-state index in [2.05, 4.69) is 29.0 Å². The summed E-state index contributed by atoms with van der Waals surface area (Å²) in [6.07, 6.45) is 5.18. The van der Waals surface area contributed by atoms with Gasteiger partial charge in [-0.25, -0.2) is 9.67 Å². The number of hydrogen-bond acceptors (Lipinski definition) is 4. The van der Waals surface area contributed by atoms with Crippen molar-refractivity contribution in [1.82, 2.24) is 29.4 Å². The molecule has 1 amide bonds. The van der Waals surface area contributed by atoms with E-state index in [1.54, 1.807) is 23.3 Å². The summed E-state index contributed by atoms with van der Waals surface area (Å²) >= 11 is 0. The number of hydrogen-bond donors (Lipinski definition) is 0. The molecule has 3 aromatic heterocycles. The Labute approximate surface area is 145 Å². The van der Waals surface area contributed by atoms with Crippen molar-refractivity contribution in [2.45, 2.75) is 32.9 Å². The number of amides is 1. The maximum Gasteiger partial charge on any atom is 0.257 e. The number of carbonyl (C=O) groups excluding carboxylic acids is 1. The Kier molecular flexibility index (Phi) is 3.83. The van der Waals surface area contributed by atoms with E-state index in [4.69, 9.17) is 0 Å². The lowest BCUT2D eigenvalue weighted by atomic mass is 10.0. The molecule has 0 spiro atoms. The summed E-state index contributed by atoms with van der Waals surface area (Å²) in [4.78, 5) is 19.4. The molecule has 7 heteroatoms. The van der Waals surface area contributed by atoms with Gasteiger partial charge in [-0.1, -0.05) is 19.9 Å². The number of pyridine rings is 1. The molecule has 0 bridgehead atoms. The van der Waals surface area contributed by atoms with Crippen molar-refractivity contribution in [2.24, 2.45) is 0 Å². The second-order valence-corrected chi connectivity index (χ2v) is 6.47. The Morgan fingerprint density at radius 1 is 1.12 bits per heavy atom. The van der Waals surface area contributed by atoms with Crippen LogP contribution < -0.4 is 0 Å². The van der Waals surface area contributed by atoms with Gasteiger partial charge in [0.15, 0.2) is 5.82 Å². The predicted molar refractivity (Wildman–Crippen MR) is 92.4 cm³/mol. The number of fused-ring (bicyclic) bond motifs is 1. The van der Waals surface area contributed by atoms with Crippen molar-refractivity contribution < 1.29 is 4.79 Å². The highest BCUT2D eigenvalue weighted by molar-refractivity contribution is 5.95. The van der Waals surface area contributed by atoms with E-state index in [-0.39, 0.29) is 11.8 Å². The fourth-order valence-corrected chi connectivity index (χ4v) is 3.27. The molecule has 4 heterocycles.